The summed E-state index contributed by atoms with van der Waals surface area (Å²) in [4.78, 5) is 23.3. The van der Waals surface area contributed by atoms with Crippen LogP contribution in [-0.2, 0) is 18.4 Å². The summed E-state index contributed by atoms with van der Waals surface area (Å²) in [5.74, 6) is -0.267. The highest BCUT2D eigenvalue weighted by atomic mass is 31.2. The number of quaternary nitrogens is 1. The van der Waals surface area contributed by atoms with Crippen molar-refractivity contribution in [3.8, 4) is 0 Å². The van der Waals surface area contributed by atoms with Gasteiger partial charge in [-0.25, -0.2) is 4.57 Å². The van der Waals surface area contributed by atoms with Crippen molar-refractivity contribution in [1.82, 2.24) is 5.32 Å². The van der Waals surface area contributed by atoms with Gasteiger partial charge in [0.2, 0.25) is 5.91 Å². The van der Waals surface area contributed by atoms with E-state index in [9.17, 15) is 24.5 Å². The standard InChI is InChI=1S/C58H115N2O7P/c1-6-8-10-12-14-16-18-20-21-22-23-24-25-26-27-28-29-30-31-32-33-34-35-36-37-38-39-41-43-45-47-49-51-57(62)59-55(54-67-68(64,65)66-53-52-60(3,4)5)58(63)56(61)50-48-46-44-42-40-19-17-15-13-11-9-7-2/h15,17,42,44,55-56,58,61,63H,6-14,16,18-41,43,45-54H2,1-5H3,(H-,59,62,64,65)/p+1/b17-15+,44-42+. The third-order valence-electron chi connectivity index (χ3n) is 13.5. The molecule has 0 aromatic heterocycles. The average Bonchev–Trinajstić information content (AvgIpc) is 3.30. The number of likely N-dealkylation sites (N-methyl/N-ethyl adjacent to an activating group) is 1. The van der Waals surface area contributed by atoms with E-state index >= 15 is 0 Å². The number of aliphatic hydroxyl groups is 2. The Morgan fingerprint density at radius 1 is 0.500 bits per heavy atom. The third-order valence-corrected chi connectivity index (χ3v) is 14.5. The van der Waals surface area contributed by atoms with Crippen LogP contribution in [0.3, 0.4) is 0 Å². The van der Waals surface area contributed by atoms with E-state index in [4.69, 9.17) is 9.05 Å². The number of phosphoric acid groups is 1. The summed E-state index contributed by atoms with van der Waals surface area (Å²) in [7, 11) is 1.42. The number of unbranched alkanes of at least 4 members (excludes halogenated alkanes) is 36. The number of amides is 1. The van der Waals surface area contributed by atoms with Crippen molar-refractivity contribution in [2.45, 2.75) is 302 Å². The molecule has 4 atom stereocenters. The van der Waals surface area contributed by atoms with Gasteiger partial charge in [-0.15, -0.1) is 0 Å². The number of carbonyl (C=O) groups is 1. The Kier molecular flexibility index (Phi) is 48.7. The highest BCUT2D eigenvalue weighted by molar-refractivity contribution is 7.47. The number of hydrogen-bond acceptors (Lipinski definition) is 6. The van der Waals surface area contributed by atoms with Crippen molar-refractivity contribution in [3.05, 3.63) is 24.3 Å². The highest BCUT2D eigenvalue weighted by Gasteiger charge is 2.31. The number of rotatable bonds is 54. The molecule has 9 nitrogen and oxygen atoms in total. The summed E-state index contributed by atoms with van der Waals surface area (Å²) in [5.41, 5.74) is 0. The first kappa shape index (κ1) is 66.9. The number of allylic oxidation sites excluding steroid dienone is 4. The van der Waals surface area contributed by atoms with Crippen LogP contribution in [-0.4, -0.2) is 84.6 Å². The predicted octanol–water partition coefficient (Wildman–Crippen LogP) is 16.6. The quantitative estimate of drug-likeness (QED) is 0.0207. The minimum atomic E-state index is -4.43. The van der Waals surface area contributed by atoms with Gasteiger partial charge < -0.3 is 24.9 Å². The molecule has 10 heteroatoms. The second kappa shape index (κ2) is 49.5. The molecule has 0 aromatic carbocycles. The van der Waals surface area contributed by atoms with E-state index in [0.717, 1.165) is 44.9 Å². The first-order valence-corrected chi connectivity index (χ1v) is 30.8. The van der Waals surface area contributed by atoms with Gasteiger partial charge in [0, 0.05) is 6.42 Å². The third kappa shape index (κ3) is 49.9. The maximum Gasteiger partial charge on any atom is 0.472 e. The summed E-state index contributed by atoms with van der Waals surface area (Å²) < 4.78 is 23.6. The Bertz CT molecular complexity index is 1180. The van der Waals surface area contributed by atoms with Gasteiger partial charge in [-0.05, 0) is 51.4 Å². The second-order valence-corrected chi connectivity index (χ2v) is 23.0. The van der Waals surface area contributed by atoms with Gasteiger partial charge in [-0.2, -0.15) is 0 Å². The Morgan fingerprint density at radius 3 is 1.22 bits per heavy atom. The van der Waals surface area contributed by atoms with Crippen LogP contribution in [0, 0.1) is 0 Å². The van der Waals surface area contributed by atoms with E-state index < -0.39 is 32.7 Å². The SMILES string of the molecule is CCCCC/C=C/CC/C=C/CCCC(O)C(O)C(COP(=O)(O)OCC[N+](C)(C)C)NC(=O)CCCCCCCCCCCCCCCCCCCCCCCCCCCCCCCCCC. The molecule has 0 radical (unpaired) electrons. The Hall–Kier alpha value is -1.06. The Balaban J connectivity index is 4.05. The van der Waals surface area contributed by atoms with Crippen molar-refractivity contribution >= 4 is 13.7 Å². The zero-order chi connectivity index (χ0) is 50.1. The van der Waals surface area contributed by atoms with Gasteiger partial charge >= 0.3 is 7.82 Å². The molecule has 0 rings (SSSR count). The molecular weight excluding hydrogens is 868 g/mol. The van der Waals surface area contributed by atoms with Crippen LogP contribution in [0.15, 0.2) is 24.3 Å². The summed E-state index contributed by atoms with van der Waals surface area (Å²) in [5, 5.41) is 24.7. The molecule has 0 aliphatic rings. The predicted molar refractivity (Wildman–Crippen MR) is 292 cm³/mol. The fourth-order valence-electron chi connectivity index (χ4n) is 8.87. The lowest BCUT2D eigenvalue weighted by Gasteiger charge is -2.28. The number of carbonyl (C=O) groups excluding carboxylic acids is 1. The van der Waals surface area contributed by atoms with Crippen molar-refractivity contribution in [1.29, 1.82) is 0 Å². The van der Waals surface area contributed by atoms with E-state index in [2.05, 4.69) is 43.5 Å². The molecule has 0 aromatic rings. The van der Waals surface area contributed by atoms with Gasteiger partial charge in [-0.3, -0.25) is 13.8 Å². The van der Waals surface area contributed by atoms with Gasteiger partial charge in [0.05, 0.1) is 39.9 Å². The normalized spacial score (nSPS) is 14.5. The molecule has 0 fully saturated rings. The largest absolute Gasteiger partial charge is 0.472 e. The molecule has 0 aliphatic carbocycles. The van der Waals surface area contributed by atoms with Gasteiger partial charge in [0.15, 0.2) is 0 Å². The minimum absolute atomic E-state index is 0.0158. The number of nitrogens with one attached hydrogen (secondary N) is 1. The van der Waals surface area contributed by atoms with Crippen LogP contribution in [0.4, 0.5) is 0 Å². The second-order valence-electron chi connectivity index (χ2n) is 21.5. The molecule has 0 heterocycles. The van der Waals surface area contributed by atoms with E-state index in [1.54, 1.807) is 0 Å². The summed E-state index contributed by atoms with van der Waals surface area (Å²) >= 11 is 0. The zero-order valence-electron chi connectivity index (χ0n) is 45.7. The summed E-state index contributed by atoms with van der Waals surface area (Å²) in [6.07, 6.45) is 58.7. The number of phosphoric ester groups is 1. The molecule has 68 heavy (non-hydrogen) atoms. The Labute approximate surface area is 422 Å². The number of nitrogens with zero attached hydrogens (tertiary/aromatic N) is 1. The van der Waals surface area contributed by atoms with E-state index in [-0.39, 0.29) is 18.9 Å². The lowest BCUT2D eigenvalue weighted by atomic mass is 10.0. The van der Waals surface area contributed by atoms with E-state index in [1.165, 1.54) is 205 Å². The smallest absolute Gasteiger partial charge is 0.390 e. The molecule has 0 spiro atoms. The van der Waals surface area contributed by atoms with Gasteiger partial charge in [0.25, 0.3) is 0 Å². The molecule has 0 saturated carbocycles. The fourth-order valence-corrected chi connectivity index (χ4v) is 9.60. The molecule has 4 unspecified atom stereocenters. The first-order chi connectivity index (χ1) is 32.9. The van der Waals surface area contributed by atoms with Crippen molar-refractivity contribution in [2.75, 3.05) is 40.9 Å². The zero-order valence-corrected chi connectivity index (χ0v) is 46.6. The van der Waals surface area contributed by atoms with Crippen LogP contribution < -0.4 is 5.32 Å². The number of hydrogen-bond donors (Lipinski definition) is 4. The summed E-state index contributed by atoms with van der Waals surface area (Å²) in [6.45, 7) is 4.58. The van der Waals surface area contributed by atoms with E-state index in [0.29, 0.717) is 23.9 Å². The van der Waals surface area contributed by atoms with Crippen LogP contribution in [0.25, 0.3) is 0 Å². The van der Waals surface area contributed by atoms with Crippen molar-refractivity contribution < 1.29 is 38.0 Å². The molecule has 4 N–H and O–H groups in total. The monoisotopic (exact) mass is 984 g/mol. The summed E-state index contributed by atoms with van der Waals surface area (Å²) in [6, 6.07) is -1.05. The maximum absolute atomic E-state index is 13.0. The Morgan fingerprint density at radius 2 is 0.838 bits per heavy atom. The molecule has 1 amide bonds. The van der Waals surface area contributed by atoms with Crippen LogP contribution in [0.1, 0.15) is 284 Å². The van der Waals surface area contributed by atoms with E-state index in [1.807, 2.05) is 21.1 Å². The van der Waals surface area contributed by atoms with Gasteiger partial charge in [-0.1, -0.05) is 250 Å². The van der Waals surface area contributed by atoms with Crippen LogP contribution >= 0.6 is 7.82 Å². The minimum Gasteiger partial charge on any atom is -0.390 e. The lowest BCUT2D eigenvalue weighted by molar-refractivity contribution is -0.870. The lowest BCUT2D eigenvalue weighted by Crippen LogP contribution is -2.51. The van der Waals surface area contributed by atoms with Crippen LogP contribution in [0.5, 0.6) is 0 Å². The van der Waals surface area contributed by atoms with Crippen molar-refractivity contribution in [2.24, 2.45) is 0 Å². The first-order valence-electron chi connectivity index (χ1n) is 29.3. The molecule has 0 bridgehead atoms. The van der Waals surface area contributed by atoms with Gasteiger partial charge in [0.1, 0.15) is 19.3 Å². The molecular formula is C58H116N2O7P+. The molecule has 404 valence electrons. The fraction of sp³-hybridized carbons (Fsp3) is 0.914. The highest BCUT2D eigenvalue weighted by Crippen LogP contribution is 2.43. The van der Waals surface area contributed by atoms with Crippen LogP contribution in [0.2, 0.25) is 0 Å². The molecule has 0 saturated heterocycles. The molecule has 0 aliphatic heterocycles. The average molecular weight is 985 g/mol. The topological polar surface area (TPSA) is 125 Å². The van der Waals surface area contributed by atoms with Crippen molar-refractivity contribution in [3.63, 3.8) is 0 Å². The number of aliphatic hydroxyl groups excluding tert-OH is 2. The maximum atomic E-state index is 13.0.